The molecule has 0 saturated carbocycles. The Balaban J connectivity index is 1.60. The minimum Gasteiger partial charge on any atom is -0.462 e. The molecule has 0 radical (unpaired) electrons. The molecule has 3 aromatic heterocycles. The van der Waals surface area contributed by atoms with E-state index in [0.717, 1.165) is 24.2 Å². The fourth-order valence-electron chi connectivity index (χ4n) is 2.46. The van der Waals surface area contributed by atoms with Crippen LogP contribution in [0.4, 0.5) is 0 Å². The van der Waals surface area contributed by atoms with Crippen LogP contribution < -0.4 is 0 Å². The molecule has 0 fully saturated rings. The molecule has 6 nitrogen and oxygen atoms in total. The largest absolute Gasteiger partial charge is 0.462 e. The summed E-state index contributed by atoms with van der Waals surface area (Å²) < 4.78 is 6.95. The third-order valence-electron chi connectivity index (χ3n) is 3.53. The second kappa shape index (κ2) is 6.56. The van der Waals surface area contributed by atoms with Crippen LogP contribution in [0.2, 0.25) is 0 Å². The Morgan fingerprint density at radius 2 is 2.13 bits per heavy atom. The van der Waals surface area contributed by atoms with Gasteiger partial charge in [-0.3, -0.25) is 4.98 Å². The number of hydrogen-bond acceptors (Lipinski definition) is 5. The number of rotatable bonds is 5. The van der Waals surface area contributed by atoms with Crippen LogP contribution in [0.25, 0.3) is 5.65 Å². The van der Waals surface area contributed by atoms with E-state index in [1.165, 1.54) is 0 Å². The molecule has 0 N–H and O–H groups in total. The Morgan fingerprint density at radius 1 is 1.26 bits per heavy atom. The van der Waals surface area contributed by atoms with Crippen LogP contribution in [0.15, 0.2) is 36.7 Å². The van der Waals surface area contributed by atoms with E-state index < -0.39 is 0 Å². The summed E-state index contributed by atoms with van der Waals surface area (Å²) in [6.07, 6.45) is 4.90. The molecule has 0 aliphatic heterocycles. The van der Waals surface area contributed by atoms with Gasteiger partial charge in [0.25, 0.3) is 0 Å². The SMILES string of the molecule is Cc1cccc(CCCOC(=O)c2c(C)nn3cccnc23)n1. The zero-order valence-electron chi connectivity index (χ0n) is 13.2. The van der Waals surface area contributed by atoms with Crippen LogP contribution in [0.5, 0.6) is 0 Å². The van der Waals surface area contributed by atoms with Gasteiger partial charge < -0.3 is 4.74 Å². The molecular weight excluding hydrogens is 292 g/mol. The maximum Gasteiger partial charge on any atom is 0.343 e. The number of aromatic nitrogens is 4. The molecule has 0 amide bonds. The highest BCUT2D eigenvalue weighted by Gasteiger charge is 2.19. The first-order valence-electron chi connectivity index (χ1n) is 7.55. The zero-order chi connectivity index (χ0) is 16.2. The van der Waals surface area contributed by atoms with Crippen LogP contribution in [0, 0.1) is 13.8 Å². The van der Waals surface area contributed by atoms with Gasteiger partial charge in [0, 0.05) is 23.8 Å². The standard InChI is InChI=1S/C17H18N4O2/c1-12-6-3-7-14(19-12)8-4-11-23-17(22)15-13(2)20-21-10-5-9-18-16(15)21/h3,5-7,9-10H,4,8,11H2,1-2H3. The molecule has 0 aliphatic carbocycles. The van der Waals surface area contributed by atoms with Crippen molar-refractivity contribution in [2.24, 2.45) is 0 Å². The third kappa shape index (κ3) is 3.36. The zero-order valence-corrected chi connectivity index (χ0v) is 13.2. The Kier molecular flexibility index (Phi) is 4.32. The van der Waals surface area contributed by atoms with Crippen molar-refractivity contribution in [3.63, 3.8) is 0 Å². The maximum atomic E-state index is 12.3. The Bertz CT molecular complexity index is 841. The number of aryl methyl sites for hydroxylation is 3. The predicted molar refractivity (Wildman–Crippen MR) is 85.3 cm³/mol. The van der Waals surface area contributed by atoms with Crippen LogP contribution in [-0.2, 0) is 11.2 Å². The van der Waals surface area contributed by atoms with Crippen molar-refractivity contribution < 1.29 is 9.53 Å². The Morgan fingerprint density at radius 3 is 2.96 bits per heavy atom. The van der Waals surface area contributed by atoms with Crippen molar-refractivity contribution in [3.8, 4) is 0 Å². The van der Waals surface area contributed by atoms with Gasteiger partial charge in [-0.25, -0.2) is 14.3 Å². The fourth-order valence-corrected chi connectivity index (χ4v) is 2.46. The van der Waals surface area contributed by atoms with E-state index in [1.54, 1.807) is 29.9 Å². The highest BCUT2D eigenvalue weighted by atomic mass is 16.5. The topological polar surface area (TPSA) is 69.4 Å². The summed E-state index contributed by atoms with van der Waals surface area (Å²) >= 11 is 0. The molecule has 0 spiro atoms. The van der Waals surface area contributed by atoms with Crippen LogP contribution in [0.1, 0.15) is 33.9 Å². The lowest BCUT2D eigenvalue weighted by molar-refractivity contribution is 0.0501. The molecular formula is C17H18N4O2. The normalized spacial score (nSPS) is 10.9. The molecule has 3 aromatic rings. The summed E-state index contributed by atoms with van der Waals surface area (Å²) in [7, 11) is 0. The lowest BCUT2D eigenvalue weighted by Gasteiger charge is -2.05. The average molecular weight is 310 g/mol. The summed E-state index contributed by atoms with van der Waals surface area (Å²) in [5.41, 5.74) is 3.58. The van der Waals surface area contributed by atoms with Gasteiger partial charge in [-0.15, -0.1) is 0 Å². The van der Waals surface area contributed by atoms with Crippen molar-refractivity contribution in [2.45, 2.75) is 26.7 Å². The van der Waals surface area contributed by atoms with Crippen molar-refractivity contribution in [3.05, 3.63) is 59.3 Å². The number of fused-ring (bicyclic) bond motifs is 1. The minimum absolute atomic E-state index is 0.345. The first kappa shape index (κ1) is 15.1. The van der Waals surface area contributed by atoms with E-state index in [-0.39, 0.29) is 5.97 Å². The number of carbonyl (C=O) groups excluding carboxylic acids is 1. The summed E-state index contributed by atoms with van der Waals surface area (Å²) in [5.74, 6) is -0.381. The molecule has 3 heterocycles. The second-order valence-corrected chi connectivity index (χ2v) is 5.36. The van der Waals surface area contributed by atoms with Gasteiger partial charge in [0.1, 0.15) is 5.56 Å². The lowest BCUT2D eigenvalue weighted by atomic mass is 10.2. The minimum atomic E-state index is -0.381. The van der Waals surface area contributed by atoms with Crippen molar-refractivity contribution >= 4 is 11.6 Å². The molecule has 0 unspecified atom stereocenters. The molecule has 0 bridgehead atoms. The summed E-state index contributed by atoms with van der Waals surface area (Å²) in [6.45, 7) is 4.09. The van der Waals surface area contributed by atoms with E-state index >= 15 is 0 Å². The summed E-state index contributed by atoms with van der Waals surface area (Å²) in [6, 6.07) is 7.69. The van der Waals surface area contributed by atoms with Gasteiger partial charge >= 0.3 is 5.97 Å². The number of nitrogens with zero attached hydrogens (tertiary/aromatic N) is 4. The smallest absolute Gasteiger partial charge is 0.343 e. The highest BCUT2D eigenvalue weighted by Crippen LogP contribution is 2.14. The van der Waals surface area contributed by atoms with Crippen molar-refractivity contribution in [2.75, 3.05) is 6.61 Å². The molecule has 118 valence electrons. The Hall–Kier alpha value is -2.76. The second-order valence-electron chi connectivity index (χ2n) is 5.36. The van der Waals surface area contributed by atoms with Gasteiger partial charge in [-0.2, -0.15) is 5.10 Å². The number of ether oxygens (including phenoxy) is 1. The first-order valence-corrected chi connectivity index (χ1v) is 7.55. The highest BCUT2D eigenvalue weighted by molar-refractivity contribution is 5.97. The summed E-state index contributed by atoms with van der Waals surface area (Å²) in [5, 5.41) is 4.26. The number of hydrogen-bond donors (Lipinski definition) is 0. The van der Waals surface area contributed by atoms with Gasteiger partial charge in [0.05, 0.1) is 12.3 Å². The monoisotopic (exact) mass is 310 g/mol. The average Bonchev–Trinajstić information content (AvgIpc) is 2.87. The van der Waals surface area contributed by atoms with Gasteiger partial charge in [0.2, 0.25) is 0 Å². The number of carbonyl (C=O) groups is 1. The van der Waals surface area contributed by atoms with E-state index in [2.05, 4.69) is 15.1 Å². The molecule has 0 aliphatic rings. The molecule has 0 atom stereocenters. The van der Waals surface area contributed by atoms with Crippen molar-refractivity contribution in [1.29, 1.82) is 0 Å². The van der Waals surface area contributed by atoms with Crippen LogP contribution in [-0.4, -0.2) is 32.2 Å². The third-order valence-corrected chi connectivity index (χ3v) is 3.53. The van der Waals surface area contributed by atoms with Gasteiger partial charge in [-0.1, -0.05) is 6.07 Å². The predicted octanol–water partition coefficient (Wildman–Crippen LogP) is 2.53. The van der Waals surface area contributed by atoms with Crippen LogP contribution >= 0.6 is 0 Å². The summed E-state index contributed by atoms with van der Waals surface area (Å²) in [4.78, 5) is 20.9. The fraction of sp³-hybridized carbons (Fsp3) is 0.294. The molecule has 0 aromatic carbocycles. The van der Waals surface area contributed by atoms with Gasteiger partial charge in [0.15, 0.2) is 5.65 Å². The van der Waals surface area contributed by atoms with Crippen molar-refractivity contribution in [1.82, 2.24) is 19.6 Å². The van der Waals surface area contributed by atoms with E-state index in [0.29, 0.717) is 23.5 Å². The quantitative estimate of drug-likeness (QED) is 0.535. The van der Waals surface area contributed by atoms with Crippen LogP contribution in [0.3, 0.4) is 0 Å². The molecule has 6 heteroatoms. The van der Waals surface area contributed by atoms with E-state index in [4.69, 9.17) is 4.74 Å². The van der Waals surface area contributed by atoms with E-state index in [9.17, 15) is 4.79 Å². The molecule has 23 heavy (non-hydrogen) atoms. The molecule has 3 rings (SSSR count). The maximum absolute atomic E-state index is 12.3. The lowest BCUT2D eigenvalue weighted by Crippen LogP contribution is -2.09. The number of esters is 1. The Labute approximate surface area is 134 Å². The molecule has 0 saturated heterocycles. The number of pyridine rings is 1. The first-order chi connectivity index (χ1) is 11.1. The van der Waals surface area contributed by atoms with E-state index in [1.807, 2.05) is 25.1 Å². The van der Waals surface area contributed by atoms with Gasteiger partial charge in [-0.05, 0) is 44.9 Å².